The van der Waals surface area contributed by atoms with Crippen LogP contribution in [-0.2, 0) is 28.6 Å². The van der Waals surface area contributed by atoms with Crippen molar-refractivity contribution in [1.29, 1.82) is 0 Å². The Morgan fingerprint density at radius 2 is 1.48 bits per heavy atom. The zero-order chi connectivity index (χ0) is 18.9. The third-order valence-electron chi connectivity index (χ3n) is 4.82. The van der Waals surface area contributed by atoms with Crippen LogP contribution < -0.4 is 0 Å². The molecule has 1 saturated carbocycles. The summed E-state index contributed by atoms with van der Waals surface area (Å²) in [6, 6.07) is 0. The molecule has 0 aliphatic heterocycles. The van der Waals surface area contributed by atoms with Crippen LogP contribution in [0.5, 0.6) is 0 Å². The van der Waals surface area contributed by atoms with Crippen molar-refractivity contribution >= 4 is 17.9 Å². The third kappa shape index (κ3) is 7.88. The predicted octanol–water partition coefficient (Wildman–Crippen LogP) is 3.56. The van der Waals surface area contributed by atoms with Crippen LogP contribution in [0.15, 0.2) is 0 Å². The van der Waals surface area contributed by atoms with Gasteiger partial charge in [0.2, 0.25) is 0 Å². The number of rotatable bonds is 9. The van der Waals surface area contributed by atoms with E-state index in [-0.39, 0.29) is 43.6 Å². The number of hydrogen-bond acceptors (Lipinski definition) is 6. The molecule has 1 aliphatic rings. The fraction of sp³-hybridized carbons (Fsp3) is 0.842. The van der Waals surface area contributed by atoms with Crippen LogP contribution in [-0.4, -0.2) is 36.7 Å². The van der Waals surface area contributed by atoms with E-state index in [0.717, 1.165) is 25.7 Å². The summed E-state index contributed by atoms with van der Waals surface area (Å²) in [6.07, 6.45) is 5.73. The van der Waals surface area contributed by atoms with Crippen LogP contribution in [0.25, 0.3) is 0 Å². The fourth-order valence-corrected chi connectivity index (χ4v) is 2.63. The largest absolute Gasteiger partial charge is 0.462 e. The summed E-state index contributed by atoms with van der Waals surface area (Å²) in [5.41, 5.74) is -0.928. The average molecular weight is 356 g/mol. The van der Waals surface area contributed by atoms with E-state index in [1.807, 2.05) is 13.8 Å². The van der Waals surface area contributed by atoms with Gasteiger partial charge in [0.1, 0.15) is 18.8 Å². The molecule has 144 valence electrons. The Morgan fingerprint density at radius 3 is 2.08 bits per heavy atom. The van der Waals surface area contributed by atoms with Crippen molar-refractivity contribution in [2.75, 3.05) is 13.2 Å². The van der Waals surface area contributed by atoms with E-state index < -0.39 is 11.4 Å². The molecule has 6 nitrogen and oxygen atoms in total. The van der Waals surface area contributed by atoms with Gasteiger partial charge in [-0.1, -0.05) is 13.3 Å². The van der Waals surface area contributed by atoms with E-state index in [1.165, 1.54) is 6.42 Å². The minimum atomic E-state index is -0.539. The maximum absolute atomic E-state index is 11.9. The van der Waals surface area contributed by atoms with Gasteiger partial charge in [-0.05, 0) is 52.9 Å². The quantitative estimate of drug-likeness (QED) is 0.357. The minimum absolute atomic E-state index is 0.00285. The Morgan fingerprint density at radius 1 is 0.920 bits per heavy atom. The Hall–Kier alpha value is -1.59. The first-order valence-corrected chi connectivity index (χ1v) is 9.23. The molecule has 0 N–H and O–H groups in total. The Kier molecular flexibility index (Phi) is 8.39. The first-order chi connectivity index (χ1) is 11.7. The molecule has 0 saturated heterocycles. The van der Waals surface area contributed by atoms with Crippen molar-refractivity contribution in [1.82, 2.24) is 0 Å². The lowest BCUT2D eigenvalue weighted by molar-refractivity contribution is -0.164. The minimum Gasteiger partial charge on any atom is -0.462 e. The van der Waals surface area contributed by atoms with Gasteiger partial charge in [0.25, 0.3) is 0 Å². The highest BCUT2D eigenvalue weighted by molar-refractivity contribution is 5.78. The summed E-state index contributed by atoms with van der Waals surface area (Å²) in [7, 11) is 0. The molecular formula is C19H32O6. The van der Waals surface area contributed by atoms with E-state index in [2.05, 4.69) is 0 Å². The molecule has 6 heteroatoms. The maximum atomic E-state index is 11.9. The van der Waals surface area contributed by atoms with Gasteiger partial charge in [-0.15, -0.1) is 0 Å². The van der Waals surface area contributed by atoms with Crippen LogP contribution in [0.2, 0.25) is 0 Å². The standard InChI is InChI=1S/C19H32O6/c1-5-18(2,3)17(22)24-14-13-23-15(20)9-10-16(21)25-19(4)11-7-6-8-12-19/h5-14H2,1-4H3. The van der Waals surface area contributed by atoms with Gasteiger partial charge in [-0.2, -0.15) is 0 Å². The molecule has 0 unspecified atom stereocenters. The lowest BCUT2D eigenvalue weighted by atomic mass is 9.86. The van der Waals surface area contributed by atoms with Gasteiger partial charge >= 0.3 is 17.9 Å². The molecule has 0 aromatic heterocycles. The summed E-state index contributed by atoms with van der Waals surface area (Å²) < 4.78 is 15.6. The van der Waals surface area contributed by atoms with E-state index >= 15 is 0 Å². The zero-order valence-electron chi connectivity index (χ0n) is 16.0. The molecule has 0 aromatic carbocycles. The molecule has 0 heterocycles. The summed E-state index contributed by atoms with van der Waals surface area (Å²) in [5, 5.41) is 0. The summed E-state index contributed by atoms with van der Waals surface area (Å²) in [6.45, 7) is 7.50. The second kappa shape index (κ2) is 9.78. The third-order valence-corrected chi connectivity index (χ3v) is 4.82. The van der Waals surface area contributed by atoms with Crippen molar-refractivity contribution in [2.45, 2.75) is 84.7 Å². The van der Waals surface area contributed by atoms with Gasteiger partial charge in [0, 0.05) is 0 Å². The summed E-state index contributed by atoms with van der Waals surface area (Å²) in [5.74, 6) is -1.16. The molecule has 0 atom stereocenters. The van der Waals surface area contributed by atoms with Gasteiger partial charge in [0.05, 0.1) is 18.3 Å². The Bertz CT molecular complexity index is 463. The number of carbonyl (C=O) groups is 3. The Balaban J connectivity index is 2.16. The van der Waals surface area contributed by atoms with Crippen LogP contribution in [0.3, 0.4) is 0 Å². The number of esters is 3. The van der Waals surface area contributed by atoms with Crippen molar-refractivity contribution in [3.63, 3.8) is 0 Å². The second-order valence-electron chi connectivity index (χ2n) is 7.58. The zero-order valence-corrected chi connectivity index (χ0v) is 16.0. The Labute approximate surface area is 150 Å². The van der Waals surface area contributed by atoms with Crippen molar-refractivity contribution in [3.8, 4) is 0 Å². The van der Waals surface area contributed by atoms with Crippen molar-refractivity contribution in [2.24, 2.45) is 5.41 Å². The van der Waals surface area contributed by atoms with Crippen LogP contribution in [0, 0.1) is 5.41 Å². The molecule has 1 fully saturated rings. The van der Waals surface area contributed by atoms with Crippen LogP contribution in [0.1, 0.15) is 79.1 Å². The van der Waals surface area contributed by atoms with E-state index in [1.54, 1.807) is 13.8 Å². The van der Waals surface area contributed by atoms with E-state index in [4.69, 9.17) is 14.2 Å². The molecule has 0 bridgehead atoms. The molecule has 0 amide bonds. The number of ether oxygens (including phenoxy) is 3. The van der Waals surface area contributed by atoms with Gasteiger partial charge in [0.15, 0.2) is 0 Å². The highest BCUT2D eigenvalue weighted by atomic mass is 16.6. The summed E-state index contributed by atoms with van der Waals surface area (Å²) in [4.78, 5) is 35.3. The fourth-order valence-electron chi connectivity index (χ4n) is 2.63. The van der Waals surface area contributed by atoms with Gasteiger partial charge < -0.3 is 14.2 Å². The van der Waals surface area contributed by atoms with Crippen LogP contribution >= 0.6 is 0 Å². The van der Waals surface area contributed by atoms with Crippen LogP contribution in [0.4, 0.5) is 0 Å². The normalized spacial score (nSPS) is 16.8. The van der Waals surface area contributed by atoms with Crippen molar-refractivity contribution in [3.05, 3.63) is 0 Å². The topological polar surface area (TPSA) is 78.9 Å². The van der Waals surface area contributed by atoms with E-state index in [9.17, 15) is 14.4 Å². The molecular weight excluding hydrogens is 324 g/mol. The first kappa shape index (κ1) is 21.5. The lowest BCUT2D eigenvalue weighted by Gasteiger charge is -2.33. The van der Waals surface area contributed by atoms with Gasteiger partial charge in [-0.3, -0.25) is 14.4 Å². The molecule has 25 heavy (non-hydrogen) atoms. The predicted molar refractivity (Wildman–Crippen MR) is 92.8 cm³/mol. The molecule has 0 radical (unpaired) electrons. The number of hydrogen-bond donors (Lipinski definition) is 0. The van der Waals surface area contributed by atoms with Gasteiger partial charge in [-0.25, -0.2) is 0 Å². The number of carbonyl (C=O) groups excluding carboxylic acids is 3. The highest BCUT2D eigenvalue weighted by Crippen LogP contribution is 2.31. The first-order valence-electron chi connectivity index (χ1n) is 9.23. The molecule has 1 rings (SSSR count). The smallest absolute Gasteiger partial charge is 0.311 e. The highest BCUT2D eigenvalue weighted by Gasteiger charge is 2.30. The monoisotopic (exact) mass is 356 g/mol. The lowest BCUT2D eigenvalue weighted by Crippen LogP contribution is -2.34. The molecule has 0 aromatic rings. The second-order valence-corrected chi connectivity index (χ2v) is 7.58. The molecule has 1 aliphatic carbocycles. The van der Waals surface area contributed by atoms with E-state index in [0.29, 0.717) is 6.42 Å². The summed E-state index contributed by atoms with van der Waals surface area (Å²) >= 11 is 0. The average Bonchev–Trinajstić information content (AvgIpc) is 2.56. The maximum Gasteiger partial charge on any atom is 0.311 e. The van der Waals surface area contributed by atoms with Crippen molar-refractivity contribution < 1.29 is 28.6 Å². The SMILES string of the molecule is CCC(C)(C)C(=O)OCCOC(=O)CCC(=O)OC1(C)CCCCC1. The molecule has 0 spiro atoms.